The third-order valence-corrected chi connectivity index (χ3v) is 3.44. The Morgan fingerprint density at radius 3 is 2.94 bits per heavy atom. The molecule has 2 aromatic heterocycles. The molecule has 0 atom stereocenters. The summed E-state index contributed by atoms with van der Waals surface area (Å²) in [5.41, 5.74) is 6.02. The van der Waals surface area contributed by atoms with Gasteiger partial charge < -0.3 is 10.6 Å². The number of carbonyl (C=O) groups is 1. The molecule has 2 N–H and O–H groups in total. The van der Waals surface area contributed by atoms with Crippen molar-refractivity contribution in [2.24, 2.45) is 0 Å². The van der Waals surface area contributed by atoms with Gasteiger partial charge in [-0.1, -0.05) is 17.7 Å². The summed E-state index contributed by atoms with van der Waals surface area (Å²) in [6, 6.07) is 6.99. The van der Waals surface area contributed by atoms with E-state index < -0.39 is 0 Å². The van der Waals surface area contributed by atoms with Gasteiger partial charge in [0.25, 0.3) is 5.91 Å². The fourth-order valence-electron chi connectivity index (χ4n) is 1.57. The molecule has 0 spiro atoms. The molecule has 0 fully saturated rings. The molecule has 0 aliphatic heterocycles. The standard InChI is InChI=1S/C12H12ClN3OS/c1-16(7-9-3-2-4-18-9)12(17)8-5-10(13)15-11(14)6-8/h2-6H,7H2,1H3,(H2,14,15). The predicted molar refractivity (Wildman–Crippen MR) is 73.8 cm³/mol. The second kappa shape index (κ2) is 5.37. The van der Waals surface area contributed by atoms with Crippen molar-refractivity contribution in [3.8, 4) is 0 Å². The van der Waals surface area contributed by atoms with Crippen LogP contribution >= 0.6 is 22.9 Å². The van der Waals surface area contributed by atoms with Crippen LogP contribution in [0.25, 0.3) is 0 Å². The van der Waals surface area contributed by atoms with Crippen molar-refractivity contribution in [2.45, 2.75) is 6.54 Å². The van der Waals surface area contributed by atoms with Crippen LogP contribution in [0.4, 0.5) is 5.82 Å². The number of rotatable bonds is 3. The fourth-order valence-corrected chi connectivity index (χ4v) is 2.54. The van der Waals surface area contributed by atoms with E-state index in [0.29, 0.717) is 12.1 Å². The summed E-state index contributed by atoms with van der Waals surface area (Å²) in [6.07, 6.45) is 0. The first-order valence-electron chi connectivity index (χ1n) is 5.27. The molecule has 0 radical (unpaired) electrons. The van der Waals surface area contributed by atoms with E-state index in [-0.39, 0.29) is 16.9 Å². The molecular weight excluding hydrogens is 270 g/mol. The summed E-state index contributed by atoms with van der Waals surface area (Å²) in [4.78, 5) is 18.7. The number of anilines is 1. The summed E-state index contributed by atoms with van der Waals surface area (Å²) in [7, 11) is 1.74. The lowest BCUT2D eigenvalue weighted by Crippen LogP contribution is -2.26. The Morgan fingerprint density at radius 1 is 1.56 bits per heavy atom. The molecule has 0 unspecified atom stereocenters. The highest BCUT2D eigenvalue weighted by molar-refractivity contribution is 7.09. The zero-order valence-electron chi connectivity index (χ0n) is 9.76. The number of hydrogen-bond acceptors (Lipinski definition) is 4. The minimum Gasteiger partial charge on any atom is -0.384 e. The summed E-state index contributed by atoms with van der Waals surface area (Å²) >= 11 is 7.39. The van der Waals surface area contributed by atoms with Crippen LogP contribution in [-0.2, 0) is 6.54 Å². The Kier molecular flexibility index (Phi) is 3.84. The summed E-state index contributed by atoms with van der Waals surface area (Å²) in [5, 5.41) is 2.21. The molecule has 0 saturated carbocycles. The van der Waals surface area contributed by atoms with E-state index >= 15 is 0 Å². The number of carbonyl (C=O) groups excluding carboxylic acids is 1. The van der Waals surface area contributed by atoms with E-state index in [2.05, 4.69) is 4.98 Å². The Hall–Kier alpha value is -1.59. The molecule has 0 saturated heterocycles. The number of nitrogen functional groups attached to an aromatic ring is 1. The topological polar surface area (TPSA) is 59.2 Å². The predicted octanol–water partition coefficient (Wildman–Crippen LogP) is 2.65. The molecule has 0 aliphatic rings. The monoisotopic (exact) mass is 281 g/mol. The van der Waals surface area contributed by atoms with Crippen molar-refractivity contribution in [3.63, 3.8) is 0 Å². The molecule has 2 heterocycles. The Morgan fingerprint density at radius 2 is 2.33 bits per heavy atom. The van der Waals surface area contributed by atoms with Gasteiger partial charge in [-0.25, -0.2) is 4.98 Å². The molecule has 2 rings (SSSR count). The number of nitrogens with zero attached hydrogens (tertiary/aromatic N) is 2. The number of halogens is 1. The van der Waals surface area contributed by atoms with Gasteiger partial charge in [-0.05, 0) is 23.6 Å². The van der Waals surface area contributed by atoms with Gasteiger partial charge in [-0.15, -0.1) is 11.3 Å². The van der Waals surface area contributed by atoms with Gasteiger partial charge in [0.1, 0.15) is 11.0 Å². The van der Waals surface area contributed by atoms with E-state index in [1.54, 1.807) is 23.3 Å². The molecule has 18 heavy (non-hydrogen) atoms. The second-order valence-corrected chi connectivity index (χ2v) is 5.26. The van der Waals surface area contributed by atoms with Gasteiger partial charge in [-0.2, -0.15) is 0 Å². The summed E-state index contributed by atoms with van der Waals surface area (Å²) in [6.45, 7) is 0.566. The summed E-state index contributed by atoms with van der Waals surface area (Å²) in [5.74, 6) is 0.120. The Balaban J connectivity index is 2.15. The number of thiophene rings is 1. The van der Waals surface area contributed by atoms with Crippen molar-refractivity contribution < 1.29 is 4.79 Å². The first kappa shape index (κ1) is 12.9. The third-order valence-electron chi connectivity index (χ3n) is 2.38. The van der Waals surface area contributed by atoms with Crippen molar-refractivity contribution in [3.05, 3.63) is 45.2 Å². The van der Waals surface area contributed by atoms with E-state index in [4.69, 9.17) is 17.3 Å². The average molecular weight is 282 g/mol. The maximum atomic E-state index is 12.2. The van der Waals surface area contributed by atoms with Crippen molar-refractivity contribution in [2.75, 3.05) is 12.8 Å². The van der Waals surface area contributed by atoms with Gasteiger partial charge in [0.05, 0.1) is 6.54 Å². The van der Waals surface area contributed by atoms with E-state index in [1.165, 1.54) is 12.1 Å². The second-order valence-electron chi connectivity index (χ2n) is 3.84. The van der Waals surface area contributed by atoms with Gasteiger partial charge in [-0.3, -0.25) is 4.79 Å². The first-order valence-corrected chi connectivity index (χ1v) is 6.53. The molecule has 0 bridgehead atoms. The van der Waals surface area contributed by atoms with Crippen LogP contribution < -0.4 is 5.73 Å². The van der Waals surface area contributed by atoms with Gasteiger partial charge in [0, 0.05) is 17.5 Å². The lowest BCUT2D eigenvalue weighted by Gasteiger charge is -2.16. The maximum Gasteiger partial charge on any atom is 0.254 e. The highest BCUT2D eigenvalue weighted by Crippen LogP contribution is 2.16. The molecule has 6 heteroatoms. The van der Waals surface area contributed by atoms with Gasteiger partial charge in [0.2, 0.25) is 0 Å². The van der Waals surface area contributed by atoms with Crippen LogP contribution in [0.15, 0.2) is 29.6 Å². The van der Waals surface area contributed by atoms with E-state index in [0.717, 1.165) is 4.88 Å². The maximum absolute atomic E-state index is 12.2. The number of pyridine rings is 1. The zero-order chi connectivity index (χ0) is 13.1. The molecular formula is C12H12ClN3OS. The van der Waals surface area contributed by atoms with Crippen molar-refractivity contribution >= 4 is 34.7 Å². The fraction of sp³-hybridized carbons (Fsp3) is 0.167. The molecule has 4 nitrogen and oxygen atoms in total. The van der Waals surface area contributed by atoms with Crippen LogP contribution in [0.5, 0.6) is 0 Å². The molecule has 1 amide bonds. The lowest BCUT2D eigenvalue weighted by atomic mass is 10.2. The average Bonchev–Trinajstić information content (AvgIpc) is 2.79. The largest absolute Gasteiger partial charge is 0.384 e. The Bertz CT molecular complexity index is 536. The minimum atomic E-state index is -0.126. The summed E-state index contributed by atoms with van der Waals surface area (Å²) < 4.78 is 0. The number of hydrogen-bond donors (Lipinski definition) is 1. The molecule has 0 aliphatic carbocycles. The Labute approximate surface area is 114 Å². The number of nitrogens with two attached hydrogens (primary N) is 1. The smallest absolute Gasteiger partial charge is 0.254 e. The van der Waals surface area contributed by atoms with Crippen molar-refractivity contribution in [1.82, 2.24) is 9.88 Å². The number of amides is 1. The highest BCUT2D eigenvalue weighted by atomic mass is 35.5. The molecule has 2 aromatic rings. The SMILES string of the molecule is CN(Cc1cccs1)C(=O)c1cc(N)nc(Cl)c1. The minimum absolute atomic E-state index is 0.126. The van der Waals surface area contributed by atoms with Crippen molar-refractivity contribution in [1.29, 1.82) is 0 Å². The third kappa shape index (κ3) is 3.00. The highest BCUT2D eigenvalue weighted by Gasteiger charge is 2.14. The van der Waals surface area contributed by atoms with Crippen LogP contribution in [0.2, 0.25) is 5.15 Å². The van der Waals surface area contributed by atoms with Crippen LogP contribution in [-0.4, -0.2) is 22.8 Å². The van der Waals surface area contributed by atoms with E-state index in [1.807, 2.05) is 17.5 Å². The molecule has 94 valence electrons. The van der Waals surface area contributed by atoms with Gasteiger partial charge >= 0.3 is 0 Å². The van der Waals surface area contributed by atoms with Crippen LogP contribution in [0.1, 0.15) is 15.2 Å². The van der Waals surface area contributed by atoms with E-state index in [9.17, 15) is 4.79 Å². The first-order chi connectivity index (χ1) is 8.56. The van der Waals surface area contributed by atoms with Crippen LogP contribution in [0, 0.1) is 0 Å². The zero-order valence-corrected chi connectivity index (χ0v) is 11.3. The lowest BCUT2D eigenvalue weighted by molar-refractivity contribution is 0.0786. The quantitative estimate of drug-likeness (QED) is 0.880. The van der Waals surface area contributed by atoms with Crippen LogP contribution in [0.3, 0.4) is 0 Å². The number of aromatic nitrogens is 1. The normalized spacial score (nSPS) is 10.3. The van der Waals surface area contributed by atoms with Gasteiger partial charge in [0.15, 0.2) is 0 Å². The molecule has 0 aromatic carbocycles.